The van der Waals surface area contributed by atoms with Crippen molar-refractivity contribution in [2.24, 2.45) is 0 Å². The van der Waals surface area contributed by atoms with Gasteiger partial charge in [0.1, 0.15) is 5.75 Å². The number of rotatable bonds is 6. The smallest absolute Gasteiger partial charge is 0.202 e. The first-order chi connectivity index (χ1) is 11.6. The molecule has 0 aliphatic carbocycles. The van der Waals surface area contributed by atoms with Crippen LogP contribution >= 0.6 is 11.3 Å². The summed E-state index contributed by atoms with van der Waals surface area (Å²) in [7, 11) is 0. The summed E-state index contributed by atoms with van der Waals surface area (Å²) in [5.41, 5.74) is 3.29. The molecule has 0 unspecified atom stereocenters. The third-order valence-electron chi connectivity index (χ3n) is 3.82. The van der Waals surface area contributed by atoms with Gasteiger partial charge in [-0.2, -0.15) is 0 Å². The number of thiazole rings is 1. The minimum atomic E-state index is -0.0721. The van der Waals surface area contributed by atoms with Gasteiger partial charge in [0.25, 0.3) is 0 Å². The third-order valence-corrected chi connectivity index (χ3v) is 4.57. The lowest BCUT2D eigenvalue weighted by Gasteiger charge is -2.07. The van der Waals surface area contributed by atoms with E-state index in [4.69, 9.17) is 9.84 Å². The van der Waals surface area contributed by atoms with Gasteiger partial charge in [0.05, 0.1) is 6.61 Å². The first-order valence-electron chi connectivity index (χ1n) is 7.54. The topological polar surface area (TPSA) is 64.3 Å². The maximum absolute atomic E-state index is 12.5. The van der Waals surface area contributed by atoms with E-state index in [0.29, 0.717) is 11.3 Å². The van der Waals surface area contributed by atoms with E-state index >= 15 is 0 Å². The summed E-state index contributed by atoms with van der Waals surface area (Å²) in [6, 6.07) is 8.91. The molecular weight excluding hydrogens is 324 g/mol. The van der Waals surface area contributed by atoms with Gasteiger partial charge in [0, 0.05) is 28.5 Å². The zero-order valence-electron chi connectivity index (χ0n) is 13.5. The van der Waals surface area contributed by atoms with Gasteiger partial charge in [0.15, 0.2) is 11.7 Å². The Morgan fingerprint density at radius 3 is 2.67 bits per heavy atom. The maximum Gasteiger partial charge on any atom is 0.202 e. The molecule has 0 amide bonds. The molecule has 3 aromatic rings. The fourth-order valence-corrected chi connectivity index (χ4v) is 3.34. The average Bonchev–Trinajstić information content (AvgIpc) is 3.21. The molecule has 1 N–H and O–H groups in total. The summed E-state index contributed by atoms with van der Waals surface area (Å²) >= 11 is 1.53. The number of aliphatic hydroxyl groups is 1. The molecule has 0 aliphatic heterocycles. The Hall–Kier alpha value is -2.44. The van der Waals surface area contributed by atoms with Gasteiger partial charge in [-0.05, 0) is 37.6 Å². The molecule has 0 spiro atoms. The summed E-state index contributed by atoms with van der Waals surface area (Å²) in [5.74, 6) is 0.534. The van der Waals surface area contributed by atoms with E-state index in [9.17, 15) is 4.79 Å². The zero-order valence-corrected chi connectivity index (χ0v) is 14.3. The van der Waals surface area contributed by atoms with Gasteiger partial charge >= 0.3 is 0 Å². The molecule has 124 valence electrons. The normalized spacial score (nSPS) is 10.8. The highest BCUT2D eigenvalue weighted by molar-refractivity contribution is 7.12. The van der Waals surface area contributed by atoms with Gasteiger partial charge in [-0.1, -0.05) is 12.1 Å². The number of ketones is 1. The van der Waals surface area contributed by atoms with Gasteiger partial charge in [-0.3, -0.25) is 9.36 Å². The van der Waals surface area contributed by atoms with Crippen LogP contribution in [0.25, 0.3) is 5.13 Å². The van der Waals surface area contributed by atoms with Gasteiger partial charge in [-0.25, -0.2) is 4.98 Å². The van der Waals surface area contributed by atoms with Crippen molar-refractivity contribution in [2.45, 2.75) is 20.5 Å². The molecule has 0 radical (unpaired) electrons. The first-order valence-corrected chi connectivity index (χ1v) is 8.42. The molecular formula is C18H18N2O3S. The number of aromatic nitrogens is 2. The number of hydrogen-bond acceptors (Lipinski definition) is 5. The number of carbonyl (C=O) groups excluding carboxylic acids is 1. The summed E-state index contributed by atoms with van der Waals surface area (Å²) in [5, 5.41) is 11.8. The fraction of sp³-hybridized carbons (Fsp3) is 0.222. The van der Waals surface area contributed by atoms with Crippen molar-refractivity contribution in [3.63, 3.8) is 0 Å². The number of carbonyl (C=O) groups is 1. The summed E-state index contributed by atoms with van der Waals surface area (Å²) in [6.07, 6.45) is 1.75. The number of Topliss-reactive ketones (excluding diaryl/α,β-unsaturated/α-hetero) is 1. The molecule has 6 heteroatoms. The second-order valence-corrected chi connectivity index (χ2v) is 6.32. The van der Waals surface area contributed by atoms with E-state index in [2.05, 4.69) is 4.98 Å². The second kappa shape index (κ2) is 6.98. The Labute approximate surface area is 144 Å². The molecule has 0 aliphatic rings. The van der Waals surface area contributed by atoms with Gasteiger partial charge in [-0.15, -0.1) is 11.3 Å². The van der Waals surface area contributed by atoms with E-state index < -0.39 is 0 Å². The molecule has 3 rings (SSSR count). The quantitative estimate of drug-likeness (QED) is 0.698. The standard InChI is InChI=1S/C18H18N2O3S/c1-12-9-16(13(2)20(12)18-19-7-8-24-18)17(22)11-23-15-5-3-14(10-21)4-6-15/h3-9,21H,10-11H2,1-2H3. The average molecular weight is 342 g/mol. The Morgan fingerprint density at radius 1 is 1.29 bits per heavy atom. The van der Waals surface area contributed by atoms with Crippen LogP contribution in [0.5, 0.6) is 5.75 Å². The van der Waals surface area contributed by atoms with Crippen molar-refractivity contribution in [1.29, 1.82) is 0 Å². The summed E-state index contributed by atoms with van der Waals surface area (Å²) in [6.45, 7) is 3.83. The first kappa shape index (κ1) is 16.4. The minimum absolute atomic E-state index is 0.0120. The van der Waals surface area contributed by atoms with E-state index in [1.165, 1.54) is 11.3 Å². The van der Waals surface area contributed by atoms with Crippen molar-refractivity contribution in [2.75, 3.05) is 6.61 Å². The number of aryl methyl sites for hydroxylation is 1. The fourth-order valence-electron chi connectivity index (χ4n) is 2.58. The number of hydrogen-bond donors (Lipinski definition) is 1. The summed E-state index contributed by atoms with van der Waals surface area (Å²) in [4.78, 5) is 16.8. The predicted octanol–water partition coefficient (Wildman–Crippen LogP) is 3.30. The van der Waals surface area contributed by atoms with E-state index in [1.807, 2.05) is 29.9 Å². The molecule has 1 aromatic carbocycles. The van der Waals surface area contributed by atoms with Crippen LogP contribution in [-0.2, 0) is 6.61 Å². The van der Waals surface area contributed by atoms with E-state index in [0.717, 1.165) is 22.1 Å². The lowest BCUT2D eigenvalue weighted by molar-refractivity contribution is 0.0921. The van der Waals surface area contributed by atoms with Gasteiger partial charge in [0.2, 0.25) is 5.78 Å². The van der Waals surface area contributed by atoms with Crippen LogP contribution in [0.1, 0.15) is 27.3 Å². The number of ether oxygens (including phenoxy) is 1. The maximum atomic E-state index is 12.5. The highest BCUT2D eigenvalue weighted by Crippen LogP contribution is 2.23. The van der Waals surface area contributed by atoms with Crippen molar-refractivity contribution >= 4 is 17.1 Å². The molecule has 2 aromatic heterocycles. The highest BCUT2D eigenvalue weighted by atomic mass is 32.1. The van der Waals surface area contributed by atoms with Crippen molar-refractivity contribution in [3.8, 4) is 10.9 Å². The molecule has 24 heavy (non-hydrogen) atoms. The van der Waals surface area contributed by atoms with E-state index in [1.54, 1.807) is 30.5 Å². The SMILES string of the molecule is Cc1cc(C(=O)COc2ccc(CO)cc2)c(C)n1-c1nccs1. The minimum Gasteiger partial charge on any atom is -0.485 e. The number of benzene rings is 1. The molecule has 0 atom stereocenters. The monoisotopic (exact) mass is 342 g/mol. The predicted molar refractivity (Wildman–Crippen MR) is 93.1 cm³/mol. The van der Waals surface area contributed by atoms with Crippen LogP contribution in [0.2, 0.25) is 0 Å². The van der Waals surface area contributed by atoms with E-state index in [-0.39, 0.29) is 19.0 Å². The Morgan fingerprint density at radius 2 is 2.04 bits per heavy atom. The van der Waals surface area contributed by atoms with Crippen LogP contribution in [0.15, 0.2) is 41.9 Å². The molecule has 0 saturated heterocycles. The Balaban J connectivity index is 1.74. The summed E-state index contributed by atoms with van der Waals surface area (Å²) < 4.78 is 7.54. The van der Waals surface area contributed by atoms with Crippen LogP contribution in [0.4, 0.5) is 0 Å². The molecule has 0 bridgehead atoms. The van der Waals surface area contributed by atoms with Crippen LogP contribution in [0, 0.1) is 13.8 Å². The second-order valence-electron chi connectivity index (χ2n) is 5.45. The Bertz CT molecular complexity index is 836. The molecule has 0 fully saturated rings. The lowest BCUT2D eigenvalue weighted by Crippen LogP contribution is -2.12. The van der Waals surface area contributed by atoms with Crippen molar-refractivity contribution in [1.82, 2.24) is 9.55 Å². The third kappa shape index (κ3) is 3.25. The highest BCUT2D eigenvalue weighted by Gasteiger charge is 2.18. The van der Waals surface area contributed by atoms with Crippen LogP contribution in [0.3, 0.4) is 0 Å². The molecule has 0 saturated carbocycles. The van der Waals surface area contributed by atoms with Crippen LogP contribution in [-0.4, -0.2) is 27.0 Å². The number of aliphatic hydroxyl groups excluding tert-OH is 1. The zero-order chi connectivity index (χ0) is 17.1. The lowest BCUT2D eigenvalue weighted by atomic mass is 10.1. The molecule has 5 nitrogen and oxygen atoms in total. The van der Waals surface area contributed by atoms with Gasteiger partial charge < -0.3 is 9.84 Å². The van der Waals surface area contributed by atoms with Crippen molar-refractivity contribution in [3.05, 3.63) is 64.4 Å². The molecule has 2 heterocycles. The van der Waals surface area contributed by atoms with Crippen LogP contribution < -0.4 is 4.74 Å². The van der Waals surface area contributed by atoms with Crippen molar-refractivity contribution < 1.29 is 14.6 Å². The number of nitrogens with zero attached hydrogens (tertiary/aromatic N) is 2. The largest absolute Gasteiger partial charge is 0.485 e. The Kier molecular flexibility index (Phi) is 4.78.